The molecule has 2 fully saturated rings. The van der Waals surface area contributed by atoms with Gasteiger partial charge in [0, 0.05) is 26.7 Å². The highest BCUT2D eigenvalue weighted by atomic mass is 16.5. The zero-order valence-electron chi connectivity index (χ0n) is 12.4. The van der Waals surface area contributed by atoms with Crippen molar-refractivity contribution < 1.29 is 14.6 Å². The van der Waals surface area contributed by atoms with Crippen molar-refractivity contribution in [3.63, 3.8) is 0 Å². The Morgan fingerprint density at radius 1 is 1.11 bits per heavy atom. The molecular formula is C15H29NO3. The first-order valence-corrected chi connectivity index (χ1v) is 7.68. The van der Waals surface area contributed by atoms with E-state index >= 15 is 0 Å². The van der Waals surface area contributed by atoms with Gasteiger partial charge in [-0.25, -0.2) is 0 Å². The van der Waals surface area contributed by atoms with Crippen LogP contribution in [0.5, 0.6) is 0 Å². The van der Waals surface area contributed by atoms with Crippen LogP contribution in [-0.4, -0.2) is 62.2 Å². The Hall–Kier alpha value is -0.160. The van der Waals surface area contributed by atoms with Gasteiger partial charge in [-0.05, 0) is 44.4 Å². The topological polar surface area (TPSA) is 41.9 Å². The summed E-state index contributed by atoms with van der Waals surface area (Å²) in [7, 11) is 1.67. The standard InChI is InChI=1S/C15H29NO3/c1-12(10-18-2)19-11-15(17)9-16(7-13-3-4-13)8-14-5-6-14/h12-15,17H,3-11H2,1-2H3. The second-order valence-electron chi connectivity index (χ2n) is 6.36. The first-order valence-electron chi connectivity index (χ1n) is 7.68. The summed E-state index contributed by atoms with van der Waals surface area (Å²) in [5.41, 5.74) is 0. The normalized spacial score (nSPS) is 22.7. The van der Waals surface area contributed by atoms with Gasteiger partial charge in [-0.2, -0.15) is 0 Å². The Bertz CT molecular complexity index is 240. The number of rotatable bonds is 11. The van der Waals surface area contributed by atoms with Gasteiger partial charge in [0.15, 0.2) is 0 Å². The monoisotopic (exact) mass is 271 g/mol. The number of hydrogen-bond acceptors (Lipinski definition) is 4. The van der Waals surface area contributed by atoms with Crippen LogP contribution in [0, 0.1) is 11.8 Å². The molecule has 0 aromatic heterocycles. The van der Waals surface area contributed by atoms with Gasteiger partial charge in [0.05, 0.1) is 25.4 Å². The van der Waals surface area contributed by atoms with E-state index in [9.17, 15) is 5.11 Å². The van der Waals surface area contributed by atoms with E-state index in [0.29, 0.717) is 13.2 Å². The average molecular weight is 271 g/mol. The predicted molar refractivity (Wildman–Crippen MR) is 75.2 cm³/mol. The summed E-state index contributed by atoms with van der Waals surface area (Å²) in [6.45, 7) is 6.06. The second-order valence-corrected chi connectivity index (χ2v) is 6.36. The number of hydrogen-bond donors (Lipinski definition) is 1. The van der Waals surface area contributed by atoms with Crippen LogP contribution in [0.25, 0.3) is 0 Å². The molecular weight excluding hydrogens is 242 g/mol. The summed E-state index contributed by atoms with van der Waals surface area (Å²) in [4.78, 5) is 2.45. The fourth-order valence-corrected chi connectivity index (χ4v) is 2.46. The molecule has 2 rings (SSSR count). The van der Waals surface area contributed by atoms with Gasteiger partial charge in [0.25, 0.3) is 0 Å². The molecule has 0 aromatic rings. The third kappa shape index (κ3) is 6.70. The molecule has 2 aliphatic carbocycles. The lowest BCUT2D eigenvalue weighted by Gasteiger charge is -2.25. The van der Waals surface area contributed by atoms with Crippen molar-refractivity contribution in [3.05, 3.63) is 0 Å². The minimum atomic E-state index is -0.378. The molecule has 0 radical (unpaired) electrons. The van der Waals surface area contributed by atoms with E-state index in [1.807, 2.05) is 6.92 Å². The maximum atomic E-state index is 10.1. The number of nitrogens with zero attached hydrogens (tertiary/aromatic N) is 1. The van der Waals surface area contributed by atoms with Crippen molar-refractivity contribution in [1.29, 1.82) is 0 Å². The maximum absolute atomic E-state index is 10.1. The molecule has 19 heavy (non-hydrogen) atoms. The molecule has 0 aromatic carbocycles. The van der Waals surface area contributed by atoms with Gasteiger partial charge < -0.3 is 19.5 Å². The van der Waals surface area contributed by atoms with Crippen molar-refractivity contribution in [2.24, 2.45) is 11.8 Å². The van der Waals surface area contributed by atoms with Crippen LogP contribution in [0.4, 0.5) is 0 Å². The number of aliphatic hydroxyl groups is 1. The molecule has 0 aliphatic heterocycles. The first-order chi connectivity index (χ1) is 9.17. The predicted octanol–water partition coefficient (Wildman–Crippen LogP) is 1.52. The quantitative estimate of drug-likeness (QED) is 0.619. The fourth-order valence-electron chi connectivity index (χ4n) is 2.46. The molecule has 0 heterocycles. The minimum absolute atomic E-state index is 0.0555. The lowest BCUT2D eigenvalue weighted by atomic mass is 10.2. The van der Waals surface area contributed by atoms with Crippen molar-refractivity contribution in [2.75, 3.05) is 40.0 Å². The van der Waals surface area contributed by atoms with Crippen LogP contribution in [0.1, 0.15) is 32.6 Å². The molecule has 0 saturated heterocycles. The van der Waals surface area contributed by atoms with Crippen molar-refractivity contribution in [1.82, 2.24) is 4.90 Å². The highest BCUT2D eigenvalue weighted by molar-refractivity contribution is 4.83. The Kier molecular flexibility index (Phi) is 6.07. The van der Waals surface area contributed by atoms with Crippen LogP contribution in [0.15, 0.2) is 0 Å². The molecule has 2 atom stereocenters. The molecule has 0 spiro atoms. The summed E-state index contributed by atoms with van der Waals surface area (Å²) in [6.07, 6.45) is 5.17. The SMILES string of the molecule is COCC(C)OCC(O)CN(CC1CC1)CC1CC1. The van der Waals surface area contributed by atoms with Gasteiger partial charge in [-0.3, -0.25) is 0 Å². The van der Waals surface area contributed by atoms with E-state index < -0.39 is 0 Å². The van der Waals surface area contributed by atoms with Crippen molar-refractivity contribution in [2.45, 2.75) is 44.8 Å². The Balaban J connectivity index is 1.62. The lowest BCUT2D eigenvalue weighted by Crippen LogP contribution is -2.38. The first kappa shape index (κ1) is 15.2. The third-order valence-electron chi connectivity index (χ3n) is 3.87. The molecule has 2 aliphatic rings. The van der Waals surface area contributed by atoms with Gasteiger partial charge in [-0.1, -0.05) is 0 Å². The summed E-state index contributed by atoms with van der Waals surface area (Å²) in [6, 6.07) is 0. The van der Waals surface area contributed by atoms with Crippen LogP contribution in [0.2, 0.25) is 0 Å². The molecule has 0 bridgehead atoms. The minimum Gasteiger partial charge on any atom is -0.389 e. The van der Waals surface area contributed by atoms with Crippen LogP contribution in [0.3, 0.4) is 0 Å². The van der Waals surface area contributed by atoms with E-state index in [0.717, 1.165) is 18.4 Å². The van der Waals surface area contributed by atoms with E-state index in [1.165, 1.54) is 38.8 Å². The maximum Gasteiger partial charge on any atom is 0.0900 e. The summed E-state index contributed by atoms with van der Waals surface area (Å²) in [5, 5.41) is 10.1. The highest BCUT2D eigenvalue weighted by Gasteiger charge is 2.30. The molecule has 0 amide bonds. The molecule has 1 N–H and O–H groups in total. The van der Waals surface area contributed by atoms with Crippen molar-refractivity contribution in [3.8, 4) is 0 Å². The van der Waals surface area contributed by atoms with E-state index in [4.69, 9.17) is 9.47 Å². The number of ether oxygens (including phenoxy) is 2. The van der Waals surface area contributed by atoms with E-state index in [-0.39, 0.29) is 12.2 Å². The number of aliphatic hydroxyl groups excluding tert-OH is 1. The molecule has 4 nitrogen and oxygen atoms in total. The van der Waals surface area contributed by atoms with Crippen molar-refractivity contribution >= 4 is 0 Å². The van der Waals surface area contributed by atoms with Gasteiger partial charge in [0.2, 0.25) is 0 Å². The van der Waals surface area contributed by atoms with Crippen LogP contribution in [-0.2, 0) is 9.47 Å². The molecule has 4 heteroatoms. The van der Waals surface area contributed by atoms with Gasteiger partial charge in [-0.15, -0.1) is 0 Å². The number of methoxy groups -OCH3 is 1. The smallest absolute Gasteiger partial charge is 0.0900 e. The summed E-state index contributed by atoms with van der Waals surface area (Å²) in [5.74, 6) is 1.78. The van der Waals surface area contributed by atoms with Crippen LogP contribution < -0.4 is 0 Å². The average Bonchev–Trinajstić information content (AvgIpc) is 3.23. The van der Waals surface area contributed by atoms with Gasteiger partial charge in [0.1, 0.15) is 0 Å². The second kappa shape index (κ2) is 7.58. The largest absolute Gasteiger partial charge is 0.389 e. The summed E-state index contributed by atoms with van der Waals surface area (Å²) >= 11 is 0. The van der Waals surface area contributed by atoms with Crippen LogP contribution >= 0.6 is 0 Å². The molecule has 112 valence electrons. The van der Waals surface area contributed by atoms with E-state index in [2.05, 4.69) is 4.90 Å². The Morgan fingerprint density at radius 3 is 2.16 bits per heavy atom. The highest BCUT2D eigenvalue weighted by Crippen LogP contribution is 2.33. The van der Waals surface area contributed by atoms with E-state index in [1.54, 1.807) is 7.11 Å². The third-order valence-corrected chi connectivity index (χ3v) is 3.87. The Morgan fingerprint density at radius 2 is 1.68 bits per heavy atom. The molecule has 2 unspecified atom stereocenters. The Labute approximate surface area is 117 Å². The van der Waals surface area contributed by atoms with Gasteiger partial charge >= 0.3 is 0 Å². The zero-order valence-corrected chi connectivity index (χ0v) is 12.4. The fraction of sp³-hybridized carbons (Fsp3) is 1.00. The summed E-state index contributed by atoms with van der Waals surface area (Å²) < 4.78 is 10.6. The lowest BCUT2D eigenvalue weighted by molar-refractivity contribution is -0.0402. The zero-order chi connectivity index (χ0) is 13.7. The molecule has 2 saturated carbocycles.